The van der Waals surface area contributed by atoms with Crippen LogP contribution in [0, 0.1) is 6.92 Å². The molecule has 312 valence electrons. The smallest absolute Gasteiger partial charge is 0.0714 e. The van der Waals surface area contributed by atoms with Gasteiger partial charge in [0.25, 0.3) is 0 Å². The standard InChI is InChI=1S/C64H51N/c1-44-19-18-30-59-62(44)56-40-39-54(43-60(56)64(59,51-24-10-6-11-25-51)52-26-12-7-13-27-52)65(53-37-35-48(36-38-53)47-33-31-46(32-34-47)45-20-8-5-9-21-45)61-42-50-23-15-14-22-49(50)41-57(61)55-28-16-17-29-58(55)63(2,3)4/h5-43H,1-4H3. The molecule has 10 aromatic rings. The van der Waals surface area contributed by atoms with Gasteiger partial charge in [0, 0.05) is 16.9 Å². The molecule has 1 aliphatic carbocycles. The van der Waals surface area contributed by atoms with Crippen molar-refractivity contribution in [3.8, 4) is 44.5 Å². The number of fused-ring (bicyclic) bond motifs is 4. The molecule has 0 atom stereocenters. The summed E-state index contributed by atoms with van der Waals surface area (Å²) in [4.78, 5) is 2.51. The van der Waals surface area contributed by atoms with Gasteiger partial charge in [-0.25, -0.2) is 0 Å². The number of rotatable bonds is 8. The number of anilines is 3. The van der Waals surface area contributed by atoms with Crippen LogP contribution < -0.4 is 4.90 Å². The van der Waals surface area contributed by atoms with Gasteiger partial charge in [-0.15, -0.1) is 0 Å². The second kappa shape index (κ2) is 16.1. The molecule has 0 aliphatic heterocycles. The second-order valence-electron chi connectivity index (χ2n) is 18.5. The Kier molecular flexibility index (Phi) is 9.93. The average molecular weight is 834 g/mol. The van der Waals surface area contributed by atoms with Crippen LogP contribution in [0.1, 0.15) is 54.2 Å². The maximum atomic E-state index is 2.51. The highest BCUT2D eigenvalue weighted by Gasteiger charge is 2.47. The lowest BCUT2D eigenvalue weighted by Gasteiger charge is -2.35. The highest BCUT2D eigenvalue weighted by Crippen LogP contribution is 2.58. The minimum Gasteiger partial charge on any atom is -0.310 e. The van der Waals surface area contributed by atoms with Gasteiger partial charge in [-0.2, -0.15) is 0 Å². The predicted octanol–water partition coefficient (Wildman–Crippen LogP) is 17.3. The zero-order valence-electron chi connectivity index (χ0n) is 37.5. The molecule has 1 nitrogen and oxygen atoms in total. The van der Waals surface area contributed by atoms with Crippen LogP contribution in [0.3, 0.4) is 0 Å². The van der Waals surface area contributed by atoms with Crippen molar-refractivity contribution in [2.75, 3.05) is 4.90 Å². The van der Waals surface area contributed by atoms with E-state index in [0.717, 1.165) is 17.1 Å². The Labute approximate surface area is 384 Å². The van der Waals surface area contributed by atoms with Crippen LogP contribution in [0.5, 0.6) is 0 Å². The van der Waals surface area contributed by atoms with Crippen molar-refractivity contribution in [1.82, 2.24) is 0 Å². The van der Waals surface area contributed by atoms with Crippen LogP contribution in [0.2, 0.25) is 0 Å². The normalized spacial score (nSPS) is 12.7. The van der Waals surface area contributed by atoms with Crippen molar-refractivity contribution in [3.63, 3.8) is 0 Å². The Balaban J connectivity index is 1.17. The van der Waals surface area contributed by atoms with Crippen molar-refractivity contribution >= 4 is 27.8 Å². The molecule has 0 N–H and O–H groups in total. The van der Waals surface area contributed by atoms with Crippen molar-refractivity contribution in [2.24, 2.45) is 0 Å². The Bertz CT molecular complexity index is 3280. The van der Waals surface area contributed by atoms with E-state index in [1.165, 1.54) is 88.7 Å². The quantitative estimate of drug-likeness (QED) is 0.147. The minimum absolute atomic E-state index is 0.0791. The molecule has 1 aliphatic rings. The van der Waals surface area contributed by atoms with Crippen LogP contribution in [0.15, 0.2) is 237 Å². The fourth-order valence-corrected chi connectivity index (χ4v) is 10.6. The molecule has 11 rings (SSSR count). The van der Waals surface area contributed by atoms with Gasteiger partial charge in [0.1, 0.15) is 0 Å². The van der Waals surface area contributed by atoms with Gasteiger partial charge >= 0.3 is 0 Å². The lowest BCUT2D eigenvalue weighted by atomic mass is 9.67. The first-order chi connectivity index (χ1) is 31.8. The molecule has 10 aromatic carbocycles. The number of hydrogen-bond donors (Lipinski definition) is 0. The maximum absolute atomic E-state index is 2.51. The summed E-state index contributed by atoms with van der Waals surface area (Å²) < 4.78 is 0. The van der Waals surface area contributed by atoms with Gasteiger partial charge in [0.2, 0.25) is 0 Å². The van der Waals surface area contributed by atoms with Gasteiger partial charge in [-0.3, -0.25) is 0 Å². The van der Waals surface area contributed by atoms with E-state index in [1.54, 1.807) is 0 Å². The minimum atomic E-state index is -0.540. The van der Waals surface area contributed by atoms with Crippen LogP contribution in [-0.4, -0.2) is 0 Å². The summed E-state index contributed by atoms with van der Waals surface area (Å²) >= 11 is 0. The molecule has 0 bridgehead atoms. The zero-order chi connectivity index (χ0) is 44.1. The molecule has 0 saturated heterocycles. The van der Waals surface area contributed by atoms with E-state index in [-0.39, 0.29) is 5.41 Å². The first kappa shape index (κ1) is 40.1. The molecular formula is C64H51N. The molecule has 1 heteroatoms. The molecule has 0 fully saturated rings. The van der Waals surface area contributed by atoms with E-state index in [4.69, 9.17) is 0 Å². The third kappa shape index (κ3) is 6.87. The monoisotopic (exact) mass is 833 g/mol. The lowest BCUT2D eigenvalue weighted by molar-refractivity contribution is 0.592. The lowest BCUT2D eigenvalue weighted by Crippen LogP contribution is -2.28. The third-order valence-corrected chi connectivity index (χ3v) is 13.6. The maximum Gasteiger partial charge on any atom is 0.0714 e. The average Bonchev–Trinajstić information content (AvgIpc) is 3.66. The fraction of sp³-hybridized carbons (Fsp3) is 0.0938. The third-order valence-electron chi connectivity index (χ3n) is 13.6. The van der Waals surface area contributed by atoms with Crippen molar-refractivity contribution in [1.29, 1.82) is 0 Å². The number of benzene rings is 10. The van der Waals surface area contributed by atoms with Crippen LogP contribution in [0.4, 0.5) is 17.1 Å². The topological polar surface area (TPSA) is 3.24 Å². The first-order valence-electron chi connectivity index (χ1n) is 22.8. The van der Waals surface area contributed by atoms with E-state index in [1.807, 2.05) is 0 Å². The molecule has 0 heterocycles. The van der Waals surface area contributed by atoms with Gasteiger partial charge < -0.3 is 4.90 Å². The number of aryl methyl sites for hydroxylation is 1. The van der Waals surface area contributed by atoms with Gasteiger partial charge in [0.05, 0.1) is 11.1 Å². The molecule has 0 saturated carbocycles. The Morgan fingerprint density at radius 3 is 1.49 bits per heavy atom. The van der Waals surface area contributed by atoms with Gasteiger partial charge in [-0.05, 0) is 132 Å². The largest absolute Gasteiger partial charge is 0.310 e. The van der Waals surface area contributed by atoms with E-state index < -0.39 is 5.41 Å². The molecule has 0 radical (unpaired) electrons. The highest BCUT2D eigenvalue weighted by atomic mass is 15.1. The fourth-order valence-electron chi connectivity index (χ4n) is 10.6. The molecule has 65 heavy (non-hydrogen) atoms. The van der Waals surface area contributed by atoms with E-state index in [2.05, 4.69) is 269 Å². The van der Waals surface area contributed by atoms with Crippen molar-refractivity contribution in [2.45, 2.75) is 38.5 Å². The summed E-state index contributed by atoms with van der Waals surface area (Å²) in [5.41, 5.74) is 20.3. The van der Waals surface area contributed by atoms with Crippen LogP contribution >= 0.6 is 0 Å². The summed E-state index contributed by atoms with van der Waals surface area (Å²) in [6, 6.07) is 87.7. The van der Waals surface area contributed by atoms with Crippen molar-refractivity contribution < 1.29 is 0 Å². The van der Waals surface area contributed by atoms with Gasteiger partial charge in [-0.1, -0.05) is 221 Å². The van der Waals surface area contributed by atoms with E-state index in [0.29, 0.717) is 0 Å². The van der Waals surface area contributed by atoms with Crippen molar-refractivity contribution in [3.05, 3.63) is 270 Å². The Morgan fingerprint density at radius 2 is 0.877 bits per heavy atom. The molecule has 0 amide bonds. The second-order valence-corrected chi connectivity index (χ2v) is 18.5. The SMILES string of the molecule is Cc1cccc2c1-c1ccc(N(c3ccc(-c4ccc(-c5ccccc5)cc4)cc3)c3cc4ccccc4cc3-c3ccccc3C(C)(C)C)cc1C2(c1ccccc1)c1ccccc1. The highest BCUT2D eigenvalue weighted by molar-refractivity contribution is 6.00. The summed E-state index contributed by atoms with van der Waals surface area (Å²) in [6.07, 6.45) is 0. The molecule has 0 aromatic heterocycles. The number of hydrogen-bond acceptors (Lipinski definition) is 1. The summed E-state index contributed by atoms with van der Waals surface area (Å²) in [6.45, 7) is 9.23. The van der Waals surface area contributed by atoms with E-state index >= 15 is 0 Å². The molecule has 0 spiro atoms. The van der Waals surface area contributed by atoms with E-state index in [9.17, 15) is 0 Å². The summed E-state index contributed by atoms with van der Waals surface area (Å²) in [5, 5.41) is 2.42. The zero-order valence-corrected chi connectivity index (χ0v) is 37.5. The number of nitrogens with zero attached hydrogens (tertiary/aromatic N) is 1. The summed E-state index contributed by atoms with van der Waals surface area (Å²) in [7, 11) is 0. The first-order valence-corrected chi connectivity index (χ1v) is 22.8. The molecule has 0 unspecified atom stereocenters. The summed E-state index contributed by atoms with van der Waals surface area (Å²) in [5.74, 6) is 0. The molecular weight excluding hydrogens is 783 g/mol. The van der Waals surface area contributed by atoms with Gasteiger partial charge in [0.15, 0.2) is 0 Å². The Morgan fingerprint density at radius 1 is 0.369 bits per heavy atom. The predicted molar refractivity (Wildman–Crippen MR) is 276 cm³/mol. The van der Waals surface area contributed by atoms with Crippen LogP contribution in [-0.2, 0) is 10.8 Å². The Hall–Kier alpha value is -7.74. The van der Waals surface area contributed by atoms with Crippen LogP contribution in [0.25, 0.3) is 55.3 Å².